The summed E-state index contributed by atoms with van der Waals surface area (Å²) in [4.78, 5) is 11.0. The maximum absolute atomic E-state index is 4.40. The van der Waals surface area contributed by atoms with Crippen LogP contribution in [0.15, 0.2) is 12.4 Å². The van der Waals surface area contributed by atoms with Crippen LogP contribution >= 0.6 is 0 Å². The Hall–Kier alpha value is -1.16. The molecule has 0 atom stereocenters. The molecule has 1 aromatic heterocycles. The zero-order chi connectivity index (χ0) is 11.4. The number of hydrogen-bond acceptors (Lipinski definition) is 4. The van der Waals surface area contributed by atoms with Gasteiger partial charge in [-0.2, -0.15) is 0 Å². The van der Waals surface area contributed by atoms with Crippen molar-refractivity contribution < 1.29 is 0 Å². The van der Waals surface area contributed by atoms with E-state index in [-0.39, 0.29) is 0 Å². The second-order valence-electron chi connectivity index (χ2n) is 4.23. The van der Waals surface area contributed by atoms with Crippen molar-refractivity contribution in [3.63, 3.8) is 0 Å². The van der Waals surface area contributed by atoms with E-state index in [1.807, 2.05) is 0 Å². The Kier molecular flexibility index (Phi) is 3.72. The normalized spacial score (nSPS) is 15.9. The fourth-order valence-corrected chi connectivity index (χ4v) is 1.96. The number of nitrogens with zero attached hydrogens (tertiary/aromatic N) is 3. The van der Waals surface area contributed by atoms with E-state index < -0.39 is 0 Å². The van der Waals surface area contributed by atoms with Crippen LogP contribution in [0.3, 0.4) is 0 Å². The van der Waals surface area contributed by atoms with Crippen LogP contribution in [-0.2, 0) is 6.42 Å². The lowest BCUT2D eigenvalue weighted by Crippen LogP contribution is -2.57. The second kappa shape index (κ2) is 5.25. The molecule has 2 rings (SSSR count). The van der Waals surface area contributed by atoms with E-state index in [0.29, 0.717) is 6.04 Å². The molecule has 0 amide bonds. The van der Waals surface area contributed by atoms with Gasteiger partial charge in [0, 0.05) is 31.4 Å². The Balaban J connectivity index is 2.16. The molecule has 2 heterocycles. The van der Waals surface area contributed by atoms with Gasteiger partial charge >= 0.3 is 0 Å². The molecule has 1 aromatic rings. The van der Waals surface area contributed by atoms with Crippen LogP contribution in [0.1, 0.15) is 26.0 Å². The number of anilines is 1. The first-order chi connectivity index (χ1) is 7.85. The summed E-state index contributed by atoms with van der Waals surface area (Å²) in [7, 11) is 0. The maximum atomic E-state index is 4.40. The zero-order valence-corrected chi connectivity index (χ0v) is 10.1. The Bertz CT molecular complexity index is 336. The van der Waals surface area contributed by atoms with Crippen molar-refractivity contribution in [3.8, 4) is 0 Å². The van der Waals surface area contributed by atoms with Gasteiger partial charge in [-0.15, -0.1) is 0 Å². The van der Waals surface area contributed by atoms with E-state index in [9.17, 15) is 0 Å². The maximum Gasteiger partial charge on any atom is 0.132 e. The van der Waals surface area contributed by atoms with Crippen molar-refractivity contribution in [3.05, 3.63) is 18.1 Å². The number of nitrogens with one attached hydrogen (secondary N) is 1. The molecule has 4 heteroatoms. The highest BCUT2D eigenvalue weighted by molar-refractivity contribution is 5.41. The highest BCUT2D eigenvalue weighted by Crippen LogP contribution is 2.17. The van der Waals surface area contributed by atoms with Gasteiger partial charge in [-0.05, 0) is 12.8 Å². The first-order valence-electron chi connectivity index (χ1n) is 6.13. The summed E-state index contributed by atoms with van der Waals surface area (Å²) in [5.74, 6) is 1.08. The Labute approximate surface area is 97.1 Å². The Morgan fingerprint density at radius 3 is 2.75 bits per heavy atom. The molecule has 0 unspecified atom stereocenters. The summed E-state index contributed by atoms with van der Waals surface area (Å²) in [6.45, 7) is 7.56. The predicted octanol–water partition coefficient (Wildman–Crippen LogP) is 1.23. The van der Waals surface area contributed by atoms with E-state index in [0.717, 1.165) is 44.0 Å². The number of aromatic nitrogens is 2. The van der Waals surface area contributed by atoms with Crippen LogP contribution < -0.4 is 10.2 Å². The average molecular weight is 220 g/mol. The molecule has 0 saturated carbocycles. The molecule has 1 saturated heterocycles. The van der Waals surface area contributed by atoms with Gasteiger partial charge in [0.05, 0.1) is 6.04 Å². The molecule has 0 bridgehead atoms. The van der Waals surface area contributed by atoms with Gasteiger partial charge in [0.15, 0.2) is 0 Å². The van der Waals surface area contributed by atoms with Gasteiger partial charge in [0.25, 0.3) is 0 Å². The lowest BCUT2D eigenvalue weighted by atomic mass is 10.1. The number of rotatable bonds is 5. The molecule has 0 aliphatic carbocycles. The molecule has 1 N–H and O–H groups in total. The van der Waals surface area contributed by atoms with E-state index in [2.05, 4.69) is 40.1 Å². The smallest absolute Gasteiger partial charge is 0.132 e. The van der Waals surface area contributed by atoms with E-state index in [1.165, 1.54) is 0 Å². The lowest BCUT2D eigenvalue weighted by Gasteiger charge is -2.39. The summed E-state index contributed by atoms with van der Waals surface area (Å²) in [6, 6.07) is 2.73. The van der Waals surface area contributed by atoms with Crippen LogP contribution in [0, 0.1) is 0 Å². The average Bonchev–Trinajstić information content (AvgIpc) is 2.26. The van der Waals surface area contributed by atoms with Gasteiger partial charge in [-0.3, -0.25) is 0 Å². The topological polar surface area (TPSA) is 41.1 Å². The number of hydrogen-bond donors (Lipinski definition) is 1. The van der Waals surface area contributed by atoms with Crippen molar-refractivity contribution in [2.24, 2.45) is 0 Å². The zero-order valence-electron chi connectivity index (χ0n) is 10.1. The van der Waals surface area contributed by atoms with Crippen LogP contribution in [0.4, 0.5) is 5.82 Å². The van der Waals surface area contributed by atoms with Gasteiger partial charge in [0.2, 0.25) is 0 Å². The highest BCUT2D eigenvalue weighted by Gasteiger charge is 2.25. The van der Waals surface area contributed by atoms with Crippen molar-refractivity contribution in [1.82, 2.24) is 15.3 Å². The molecule has 1 aliphatic heterocycles. The molecule has 1 fully saturated rings. The van der Waals surface area contributed by atoms with Crippen LogP contribution in [0.25, 0.3) is 0 Å². The summed E-state index contributed by atoms with van der Waals surface area (Å²) in [6.07, 6.45) is 3.81. The SMILES string of the molecule is CCCN(c1cc(CC)ncn1)C1CNC1. The largest absolute Gasteiger partial charge is 0.351 e. The first-order valence-corrected chi connectivity index (χ1v) is 6.13. The van der Waals surface area contributed by atoms with Crippen LogP contribution in [-0.4, -0.2) is 35.6 Å². The molecular weight excluding hydrogens is 200 g/mol. The minimum Gasteiger partial charge on any atom is -0.351 e. The van der Waals surface area contributed by atoms with Gasteiger partial charge in [0.1, 0.15) is 12.1 Å². The quantitative estimate of drug-likeness (QED) is 0.810. The number of aryl methyl sites for hydroxylation is 1. The Morgan fingerprint density at radius 2 is 2.19 bits per heavy atom. The summed E-state index contributed by atoms with van der Waals surface area (Å²) < 4.78 is 0. The molecular formula is C12H20N4. The third-order valence-electron chi connectivity index (χ3n) is 3.03. The molecule has 16 heavy (non-hydrogen) atoms. The first kappa shape index (κ1) is 11.3. The Morgan fingerprint density at radius 1 is 1.38 bits per heavy atom. The molecule has 0 spiro atoms. The second-order valence-corrected chi connectivity index (χ2v) is 4.23. The van der Waals surface area contributed by atoms with E-state index in [4.69, 9.17) is 0 Å². The van der Waals surface area contributed by atoms with Crippen molar-refractivity contribution in [2.75, 3.05) is 24.5 Å². The third kappa shape index (κ3) is 2.32. The summed E-state index contributed by atoms with van der Waals surface area (Å²) >= 11 is 0. The molecule has 1 aliphatic rings. The minimum atomic E-state index is 0.611. The van der Waals surface area contributed by atoms with Crippen LogP contribution in [0.5, 0.6) is 0 Å². The van der Waals surface area contributed by atoms with Crippen molar-refractivity contribution in [2.45, 2.75) is 32.7 Å². The predicted molar refractivity (Wildman–Crippen MR) is 65.7 cm³/mol. The molecule has 88 valence electrons. The molecule has 0 radical (unpaired) electrons. The van der Waals surface area contributed by atoms with Crippen molar-refractivity contribution in [1.29, 1.82) is 0 Å². The van der Waals surface area contributed by atoms with Gasteiger partial charge < -0.3 is 10.2 Å². The highest BCUT2D eigenvalue weighted by atomic mass is 15.3. The van der Waals surface area contributed by atoms with E-state index >= 15 is 0 Å². The lowest BCUT2D eigenvalue weighted by molar-refractivity contribution is 0.410. The fraction of sp³-hybridized carbons (Fsp3) is 0.667. The third-order valence-corrected chi connectivity index (χ3v) is 3.03. The van der Waals surface area contributed by atoms with Crippen molar-refractivity contribution >= 4 is 5.82 Å². The monoisotopic (exact) mass is 220 g/mol. The molecule has 0 aromatic carbocycles. The minimum absolute atomic E-state index is 0.611. The van der Waals surface area contributed by atoms with Gasteiger partial charge in [-0.1, -0.05) is 13.8 Å². The standard InChI is InChI=1S/C12H20N4/c1-3-5-16(11-7-13-8-11)12-6-10(4-2)14-9-15-12/h6,9,11,13H,3-5,7-8H2,1-2H3. The van der Waals surface area contributed by atoms with E-state index in [1.54, 1.807) is 6.33 Å². The van der Waals surface area contributed by atoms with Crippen LogP contribution in [0.2, 0.25) is 0 Å². The molecule has 4 nitrogen and oxygen atoms in total. The summed E-state index contributed by atoms with van der Waals surface area (Å²) in [5, 5.41) is 3.31. The van der Waals surface area contributed by atoms with Gasteiger partial charge in [-0.25, -0.2) is 9.97 Å². The fourth-order valence-electron chi connectivity index (χ4n) is 1.96. The summed E-state index contributed by atoms with van der Waals surface area (Å²) in [5.41, 5.74) is 1.12.